The van der Waals surface area contributed by atoms with Crippen LogP contribution in [0.15, 0.2) is 59.0 Å². The summed E-state index contributed by atoms with van der Waals surface area (Å²) in [5, 5.41) is 10.1. The fourth-order valence-electron chi connectivity index (χ4n) is 7.18. The Bertz CT molecular complexity index is 1490. The number of hydrogen-bond acceptors (Lipinski definition) is 6. The van der Waals surface area contributed by atoms with Crippen LogP contribution in [0.3, 0.4) is 0 Å². The smallest absolute Gasteiger partial charge is 0.287 e. The fourth-order valence-corrected chi connectivity index (χ4v) is 7.70. The first-order valence-electron chi connectivity index (χ1n) is 16.8. The molecule has 3 amide bonds. The first-order valence-corrected chi connectivity index (χ1v) is 17.9. The molecule has 6 rings (SSSR count). The van der Waals surface area contributed by atoms with Crippen LogP contribution in [-0.2, 0) is 20.7 Å². The summed E-state index contributed by atoms with van der Waals surface area (Å²) >= 11 is 2.22. The minimum absolute atomic E-state index is 0.174. The number of carbonyl (C=O) groups excluding carboxylic acids is 3. The number of carbonyl (C=O) groups is 3. The molecule has 0 radical (unpaired) electrons. The Kier molecular flexibility index (Phi) is 11.0. The predicted molar refractivity (Wildman–Crippen MR) is 185 cm³/mol. The van der Waals surface area contributed by atoms with E-state index in [1.807, 2.05) is 48.5 Å². The van der Waals surface area contributed by atoms with E-state index in [0.717, 1.165) is 91.8 Å². The number of benzene rings is 2. The molecular weight excluding hydrogens is 695 g/mol. The van der Waals surface area contributed by atoms with Gasteiger partial charge in [0.1, 0.15) is 17.2 Å². The van der Waals surface area contributed by atoms with E-state index in [9.17, 15) is 14.4 Å². The number of nitrogens with zero attached hydrogens (tertiary/aromatic N) is 1. The molecular formula is C36H45IN4O5. The Hall–Kier alpha value is -2.96. The van der Waals surface area contributed by atoms with Crippen molar-refractivity contribution in [3.8, 4) is 0 Å². The van der Waals surface area contributed by atoms with Crippen molar-refractivity contribution < 1.29 is 23.5 Å². The molecule has 1 aromatic heterocycles. The largest absolute Gasteiger partial charge is 0.451 e. The van der Waals surface area contributed by atoms with Crippen LogP contribution in [0.4, 0.5) is 0 Å². The zero-order chi connectivity index (χ0) is 31.9. The number of furan rings is 1. The molecule has 246 valence electrons. The average Bonchev–Trinajstić information content (AvgIpc) is 3.73. The average molecular weight is 741 g/mol. The number of hydrogen-bond donors (Lipinski definition) is 3. The molecule has 2 saturated heterocycles. The number of piperidine rings is 1. The van der Waals surface area contributed by atoms with Gasteiger partial charge in [-0.05, 0) is 116 Å². The molecule has 3 aliphatic rings. The molecule has 9 nitrogen and oxygen atoms in total. The third kappa shape index (κ3) is 8.30. The second-order valence-electron chi connectivity index (χ2n) is 13.3. The van der Waals surface area contributed by atoms with Gasteiger partial charge in [0, 0.05) is 41.7 Å². The summed E-state index contributed by atoms with van der Waals surface area (Å²) in [6.45, 7) is 5.59. The van der Waals surface area contributed by atoms with Crippen LogP contribution in [0, 0.1) is 15.4 Å². The Morgan fingerprint density at radius 1 is 0.935 bits per heavy atom. The summed E-state index contributed by atoms with van der Waals surface area (Å²) in [6.07, 6.45) is 7.41. The van der Waals surface area contributed by atoms with E-state index < -0.39 is 17.5 Å². The molecule has 3 fully saturated rings. The first kappa shape index (κ1) is 33.0. The van der Waals surface area contributed by atoms with E-state index in [-0.39, 0.29) is 17.6 Å². The van der Waals surface area contributed by atoms with Crippen molar-refractivity contribution >= 4 is 51.3 Å². The highest BCUT2D eigenvalue weighted by Crippen LogP contribution is 2.31. The van der Waals surface area contributed by atoms with Gasteiger partial charge in [0.05, 0.1) is 0 Å². The van der Waals surface area contributed by atoms with Gasteiger partial charge >= 0.3 is 0 Å². The van der Waals surface area contributed by atoms with Gasteiger partial charge in [-0.15, -0.1) is 0 Å². The molecule has 2 aromatic carbocycles. The molecule has 46 heavy (non-hydrogen) atoms. The van der Waals surface area contributed by atoms with E-state index in [2.05, 4.69) is 43.4 Å². The second kappa shape index (κ2) is 15.3. The van der Waals surface area contributed by atoms with Crippen molar-refractivity contribution in [1.82, 2.24) is 20.9 Å². The van der Waals surface area contributed by atoms with E-state index in [1.54, 1.807) is 6.07 Å². The van der Waals surface area contributed by atoms with Crippen LogP contribution in [0.1, 0.15) is 67.5 Å². The lowest BCUT2D eigenvalue weighted by Crippen LogP contribution is -2.61. The van der Waals surface area contributed by atoms with Crippen molar-refractivity contribution in [2.45, 2.75) is 69.4 Å². The standard InChI is InChI=1S/C36H45IN4O5/c37-29-8-9-31-28(21-29)22-32(46-31)34(43)40-36(14-4-5-15-36)35(44)39-30(20-25-6-2-1-3-7-25)33(42)38-23-26-10-16-41(17-11-26)24-27-12-18-45-19-13-27/h1-3,6-9,21-22,26-27,30H,4-5,10-20,23-24H2,(H,38,42)(H,39,44)(H,40,43)/t30-/m1/s1. The SMILES string of the molecule is O=C(NC1(C(=O)N[C@H](Cc2ccccc2)C(=O)NCC2CCN(CC3CCOCC3)CC2)CCCC1)c1cc2cc(I)ccc2o1. The quantitative estimate of drug-likeness (QED) is 0.237. The first-order chi connectivity index (χ1) is 22.4. The minimum atomic E-state index is -1.10. The van der Waals surface area contributed by atoms with Gasteiger partial charge in [-0.1, -0.05) is 43.2 Å². The van der Waals surface area contributed by atoms with Crippen LogP contribution in [0.25, 0.3) is 11.0 Å². The molecule has 1 atom stereocenters. The molecule has 0 unspecified atom stereocenters. The van der Waals surface area contributed by atoms with Crippen LogP contribution in [0.5, 0.6) is 0 Å². The Morgan fingerprint density at radius 3 is 2.41 bits per heavy atom. The number of likely N-dealkylation sites (tertiary alicyclic amines) is 1. The second-order valence-corrected chi connectivity index (χ2v) is 14.5. The van der Waals surface area contributed by atoms with Gasteiger partial charge in [-0.2, -0.15) is 0 Å². The maximum absolute atomic E-state index is 14.0. The van der Waals surface area contributed by atoms with Gasteiger partial charge in [-0.3, -0.25) is 14.4 Å². The summed E-state index contributed by atoms with van der Waals surface area (Å²) in [6, 6.07) is 16.4. The van der Waals surface area contributed by atoms with E-state index in [0.29, 0.717) is 37.3 Å². The van der Waals surface area contributed by atoms with Crippen LogP contribution >= 0.6 is 22.6 Å². The lowest BCUT2D eigenvalue weighted by Gasteiger charge is -2.35. The maximum Gasteiger partial charge on any atom is 0.287 e. The molecule has 2 aliphatic heterocycles. The van der Waals surface area contributed by atoms with Crippen LogP contribution < -0.4 is 16.0 Å². The lowest BCUT2D eigenvalue weighted by molar-refractivity contribution is -0.132. The van der Waals surface area contributed by atoms with E-state index in [4.69, 9.17) is 9.15 Å². The van der Waals surface area contributed by atoms with Gasteiger partial charge in [0.2, 0.25) is 11.8 Å². The van der Waals surface area contributed by atoms with Crippen molar-refractivity contribution in [3.05, 3.63) is 69.5 Å². The molecule has 3 aromatic rings. The van der Waals surface area contributed by atoms with Crippen molar-refractivity contribution in [2.24, 2.45) is 11.8 Å². The third-order valence-electron chi connectivity index (χ3n) is 9.98. The summed E-state index contributed by atoms with van der Waals surface area (Å²) in [5.41, 5.74) is 0.489. The highest BCUT2D eigenvalue weighted by Gasteiger charge is 2.44. The predicted octanol–water partition coefficient (Wildman–Crippen LogP) is 5.06. The highest BCUT2D eigenvalue weighted by molar-refractivity contribution is 14.1. The van der Waals surface area contributed by atoms with Gasteiger partial charge in [0.15, 0.2) is 5.76 Å². The monoisotopic (exact) mass is 740 g/mol. The van der Waals surface area contributed by atoms with Crippen LogP contribution in [0.2, 0.25) is 0 Å². The summed E-state index contributed by atoms with van der Waals surface area (Å²) in [4.78, 5) is 43.7. The van der Waals surface area contributed by atoms with Crippen molar-refractivity contribution in [2.75, 3.05) is 39.4 Å². The number of amides is 3. The maximum atomic E-state index is 14.0. The van der Waals surface area contributed by atoms with E-state index in [1.165, 1.54) is 0 Å². The number of fused-ring (bicyclic) bond motifs is 1. The molecule has 3 heterocycles. The summed E-state index contributed by atoms with van der Waals surface area (Å²) in [5.74, 6) is 0.386. The summed E-state index contributed by atoms with van der Waals surface area (Å²) < 4.78 is 12.4. The van der Waals surface area contributed by atoms with E-state index >= 15 is 0 Å². The highest BCUT2D eigenvalue weighted by atomic mass is 127. The Morgan fingerprint density at radius 2 is 1.67 bits per heavy atom. The third-order valence-corrected chi connectivity index (χ3v) is 10.7. The fraction of sp³-hybridized carbons (Fsp3) is 0.528. The molecule has 1 saturated carbocycles. The molecule has 1 aliphatic carbocycles. The zero-order valence-electron chi connectivity index (χ0n) is 26.4. The molecule has 0 spiro atoms. The van der Waals surface area contributed by atoms with Gasteiger partial charge in [0.25, 0.3) is 5.91 Å². The Labute approximate surface area is 284 Å². The normalized spacial score (nSPS) is 19.9. The molecule has 0 bridgehead atoms. The number of rotatable bonds is 11. The minimum Gasteiger partial charge on any atom is -0.451 e. The van der Waals surface area contributed by atoms with Crippen molar-refractivity contribution in [3.63, 3.8) is 0 Å². The number of nitrogens with one attached hydrogen (secondary N) is 3. The topological polar surface area (TPSA) is 113 Å². The summed E-state index contributed by atoms with van der Waals surface area (Å²) in [7, 11) is 0. The van der Waals surface area contributed by atoms with Gasteiger partial charge in [-0.25, -0.2) is 0 Å². The lowest BCUT2D eigenvalue weighted by atomic mass is 9.93. The molecule has 10 heteroatoms. The van der Waals surface area contributed by atoms with Gasteiger partial charge < -0.3 is 30.0 Å². The Balaban J connectivity index is 1.08. The van der Waals surface area contributed by atoms with Crippen molar-refractivity contribution in [1.29, 1.82) is 0 Å². The van der Waals surface area contributed by atoms with Crippen LogP contribution in [-0.4, -0.2) is 73.6 Å². The molecule has 3 N–H and O–H groups in total. The zero-order valence-corrected chi connectivity index (χ0v) is 28.6. The number of ether oxygens (including phenoxy) is 1. The number of halogens is 1.